The van der Waals surface area contributed by atoms with Gasteiger partial charge in [0.25, 0.3) is 0 Å². The van der Waals surface area contributed by atoms with Gasteiger partial charge in [0.2, 0.25) is 5.91 Å². The van der Waals surface area contributed by atoms with Gasteiger partial charge in [-0.15, -0.1) is 0 Å². The molecule has 138 valence electrons. The Morgan fingerprint density at radius 3 is 2.60 bits per heavy atom. The van der Waals surface area contributed by atoms with Crippen molar-refractivity contribution in [3.63, 3.8) is 0 Å². The molecule has 0 heterocycles. The Bertz CT molecular complexity index is 619. The highest BCUT2D eigenvalue weighted by molar-refractivity contribution is 5.88. The van der Waals surface area contributed by atoms with E-state index in [1.165, 1.54) is 12.1 Å². The Labute approximate surface area is 147 Å². The molecule has 3 atom stereocenters. The van der Waals surface area contributed by atoms with Crippen molar-refractivity contribution >= 4 is 11.9 Å². The third kappa shape index (κ3) is 4.93. The van der Waals surface area contributed by atoms with E-state index < -0.39 is 18.2 Å². The van der Waals surface area contributed by atoms with E-state index in [9.17, 15) is 14.7 Å². The summed E-state index contributed by atoms with van der Waals surface area (Å²) in [6.07, 6.45) is 0.900. The number of rotatable bonds is 6. The van der Waals surface area contributed by atoms with E-state index in [1.807, 2.05) is 14.1 Å². The van der Waals surface area contributed by atoms with Crippen LogP contribution >= 0.6 is 0 Å². The van der Waals surface area contributed by atoms with Crippen molar-refractivity contribution in [2.45, 2.75) is 37.5 Å². The number of amides is 1. The first-order valence-corrected chi connectivity index (χ1v) is 8.38. The van der Waals surface area contributed by atoms with Gasteiger partial charge in [-0.3, -0.25) is 4.79 Å². The van der Waals surface area contributed by atoms with Crippen molar-refractivity contribution in [2.75, 3.05) is 27.7 Å². The standard InChI is InChI=1S/C18H26N2O5/c1-19(2)11-16(21)20(3)14-8-5-9-15(17(14)22)25-13-7-4-6-12(10-13)18(23)24/h4,6-7,10,14-15,17,22H,5,8-9,11H2,1-3H3,(H,23,24)/t14-,15+,17+/m1/s1. The largest absolute Gasteiger partial charge is 0.488 e. The molecule has 0 aromatic heterocycles. The normalized spacial score (nSPS) is 23.3. The van der Waals surface area contributed by atoms with Gasteiger partial charge in [0.1, 0.15) is 18.0 Å². The molecule has 1 fully saturated rings. The fourth-order valence-corrected chi connectivity index (χ4v) is 3.11. The fraction of sp³-hybridized carbons (Fsp3) is 0.556. The Morgan fingerprint density at radius 1 is 1.24 bits per heavy atom. The number of ether oxygens (including phenoxy) is 1. The average molecular weight is 350 g/mol. The van der Waals surface area contributed by atoms with Crippen LogP contribution in [-0.4, -0.2) is 77.8 Å². The number of carboxylic acid groups (broad SMARTS) is 1. The second-order valence-electron chi connectivity index (χ2n) is 6.72. The molecule has 0 bridgehead atoms. The van der Waals surface area contributed by atoms with Crippen LogP contribution in [0.25, 0.3) is 0 Å². The molecule has 2 rings (SSSR count). The van der Waals surface area contributed by atoms with Gasteiger partial charge in [-0.1, -0.05) is 6.07 Å². The number of aliphatic hydroxyl groups is 1. The summed E-state index contributed by atoms with van der Waals surface area (Å²) in [7, 11) is 5.35. The van der Waals surface area contributed by atoms with Crippen molar-refractivity contribution < 1.29 is 24.5 Å². The molecular weight excluding hydrogens is 324 g/mol. The van der Waals surface area contributed by atoms with E-state index in [0.29, 0.717) is 18.6 Å². The van der Waals surface area contributed by atoms with E-state index in [2.05, 4.69) is 0 Å². The topological polar surface area (TPSA) is 90.3 Å². The molecule has 1 aliphatic carbocycles. The zero-order valence-electron chi connectivity index (χ0n) is 14.9. The minimum atomic E-state index is -1.03. The number of aromatic carboxylic acids is 1. The molecule has 0 aliphatic heterocycles. The summed E-state index contributed by atoms with van der Waals surface area (Å²) in [5.74, 6) is -0.670. The summed E-state index contributed by atoms with van der Waals surface area (Å²) in [4.78, 5) is 26.7. The van der Waals surface area contributed by atoms with E-state index in [-0.39, 0.29) is 24.1 Å². The summed E-state index contributed by atoms with van der Waals surface area (Å²) >= 11 is 0. The van der Waals surface area contributed by atoms with E-state index in [4.69, 9.17) is 9.84 Å². The maximum atomic E-state index is 12.2. The SMILES string of the molecule is CN(C)CC(=O)N(C)[C@@H]1CCC[C@H](Oc2cccc(C(=O)O)c2)[C@H]1O. The Kier molecular flexibility index (Phi) is 6.39. The van der Waals surface area contributed by atoms with E-state index in [1.54, 1.807) is 29.0 Å². The molecule has 0 saturated heterocycles. The lowest BCUT2D eigenvalue weighted by Crippen LogP contribution is -2.54. The number of carbonyl (C=O) groups excluding carboxylic acids is 1. The van der Waals surface area contributed by atoms with Crippen LogP contribution in [0, 0.1) is 0 Å². The van der Waals surface area contributed by atoms with Gasteiger partial charge in [-0.05, 0) is 51.6 Å². The molecule has 0 radical (unpaired) electrons. The molecule has 0 unspecified atom stereocenters. The molecule has 7 heteroatoms. The predicted octanol–water partition coefficient (Wildman–Crippen LogP) is 1.07. The third-order valence-corrected chi connectivity index (χ3v) is 4.47. The Hall–Kier alpha value is -2.12. The molecule has 1 aliphatic rings. The summed E-state index contributed by atoms with van der Waals surface area (Å²) in [5.41, 5.74) is 0.137. The monoisotopic (exact) mass is 350 g/mol. The van der Waals surface area contributed by atoms with Gasteiger partial charge in [0.05, 0.1) is 18.2 Å². The fourth-order valence-electron chi connectivity index (χ4n) is 3.11. The first-order chi connectivity index (χ1) is 11.8. The van der Waals surface area contributed by atoms with Crippen molar-refractivity contribution in [3.05, 3.63) is 29.8 Å². The second kappa shape index (κ2) is 8.31. The van der Waals surface area contributed by atoms with Crippen LogP contribution in [0.2, 0.25) is 0 Å². The van der Waals surface area contributed by atoms with Crippen LogP contribution in [0.5, 0.6) is 5.75 Å². The van der Waals surface area contributed by atoms with Crippen molar-refractivity contribution in [2.24, 2.45) is 0 Å². The Balaban J connectivity index is 2.06. The number of nitrogens with zero attached hydrogens (tertiary/aromatic N) is 2. The summed E-state index contributed by atoms with van der Waals surface area (Å²) in [6.45, 7) is 0.284. The summed E-state index contributed by atoms with van der Waals surface area (Å²) in [6, 6.07) is 5.90. The van der Waals surface area contributed by atoms with Gasteiger partial charge in [0, 0.05) is 7.05 Å². The zero-order valence-corrected chi connectivity index (χ0v) is 14.9. The molecular formula is C18H26N2O5. The minimum absolute atomic E-state index is 0.0532. The number of likely N-dealkylation sites (N-methyl/N-ethyl adjacent to an activating group) is 2. The number of hydrogen-bond acceptors (Lipinski definition) is 5. The molecule has 7 nitrogen and oxygen atoms in total. The highest BCUT2D eigenvalue weighted by Crippen LogP contribution is 2.27. The zero-order chi connectivity index (χ0) is 18.6. The molecule has 2 N–H and O–H groups in total. The number of carboxylic acids is 1. The molecule has 1 amide bonds. The molecule has 0 spiro atoms. The maximum absolute atomic E-state index is 12.2. The van der Waals surface area contributed by atoms with E-state index >= 15 is 0 Å². The van der Waals surface area contributed by atoms with Crippen LogP contribution < -0.4 is 4.74 Å². The highest BCUT2D eigenvalue weighted by atomic mass is 16.5. The average Bonchev–Trinajstić information content (AvgIpc) is 2.55. The molecule has 1 aromatic rings. The van der Waals surface area contributed by atoms with Gasteiger partial charge >= 0.3 is 5.97 Å². The van der Waals surface area contributed by atoms with Crippen LogP contribution in [-0.2, 0) is 4.79 Å². The van der Waals surface area contributed by atoms with Gasteiger partial charge in [-0.25, -0.2) is 4.79 Å². The first kappa shape index (κ1) is 19.2. The third-order valence-electron chi connectivity index (χ3n) is 4.47. The lowest BCUT2D eigenvalue weighted by atomic mass is 9.89. The van der Waals surface area contributed by atoms with Crippen molar-refractivity contribution in [3.8, 4) is 5.75 Å². The maximum Gasteiger partial charge on any atom is 0.335 e. The van der Waals surface area contributed by atoms with Crippen LogP contribution in [0.1, 0.15) is 29.6 Å². The van der Waals surface area contributed by atoms with Crippen molar-refractivity contribution in [1.82, 2.24) is 9.80 Å². The number of carbonyl (C=O) groups is 2. The second-order valence-corrected chi connectivity index (χ2v) is 6.72. The highest BCUT2D eigenvalue weighted by Gasteiger charge is 2.37. The molecule has 1 saturated carbocycles. The number of hydrogen-bond donors (Lipinski definition) is 2. The van der Waals surface area contributed by atoms with Gasteiger partial charge in [0.15, 0.2) is 0 Å². The smallest absolute Gasteiger partial charge is 0.335 e. The van der Waals surface area contributed by atoms with Crippen molar-refractivity contribution in [1.29, 1.82) is 0 Å². The van der Waals surface area contributed by atoms with Gasteiger partial charge in [-0.2, -0.15) is 0 Å². The van der Waals surface area contributed by atoms with Gasteiger partial charge < -0.3 is 24.7 Å². The Morgan fingerprint density at radius 2 is 1.96 bits per heavy atom. The molecule has 25 heavy (non-hydrogen) atoms. The van der Waals surface area contributed by atoms with Crippen LogP contribution in [0.15, 0.2) is 24.3 Å². The quantitative estimate of drug-likeness (QED) is 0.797. The van der Waals surface area contributed by atoms with Crippen LogP contribution in [0.4, 0.5) is 0 Å². The molecule has 1 aromatic carbocycles. The first-order valence-electron chi connectivity index (χ1n) is 8.38. The predicted molar refractivity (Wildman–Crippen MR) is 92.8 cm³/mol. The lowest BCUT2D eigenvalue weighted by Gasteiger charge is -2.40. The lowest BCUT2D eigenvalue weighted by molar-refractivity contribution is -0.138. The number of aliphatic hydroxyl groups excluding tert-OH is 1. The van der Waals surface area contributed by atoms with E-state index in [0.717, 1.165) is 6.42 Å². The minimum Gasteiger partial charge on any atom is -0.488 e. The van der Waals surface area contributed by atoms with Crippen LogP contribution in [0.3, 0.4) is 0 Å². The summed E-state index contributed by atoms with van der Waals surface area (Å²) < 4.78 is 5.84. The number of benzene rings is 1. The summed E-state index contributed by atoms with van der Waals surface area (Å²) in [5, 5.41) is 19.7.